The molecule has 1 saturated heterocycles. The molecule has 104 valence electrons. The molecule has 1 unspecified atom stereocenters. The number of Topliss-reactive ketones (excluding diaryl/α,β-unsaturated/α-hetero) is 1. The van der Waals surface area contributed by atoms with Crippen molar-refractivity contribution in [1.29, 1.82) is 0 Å². The lowest BCUT2D eigenvalue weighted by Crippen LogP contribution is -2.07. The van der Waals surface area contributed by atoms with E-state index in [0.29, 0.717) is 11.7 Å². The second-order valence-electron chi connectivity index (χ2n) is 4.58. The standard InChI is InChI=1S/C15H15NOS3/c17-13(11-4-2-1-3-5-11)8-12-9-20-15(16-12)14-10-18-6-7-19-14/h1-5,9,14H,6-8,10H2. The number of thioether (sulfide) groups is 2. The van der Waals surface area contributed by atoms with Crippen molar-refractivity contribution in [3.8, 4) is 0 Å². The number of ketones is 1. The van der Waals surface area contributed by atoms with Gasteiger partial charge in [0.1, 0.15) is 5.01 Å². The predicted molar refractivity (Wildman–Crippen MR) is 89.1 cm³/mol. The van der Waals surface area contributed by atoms with E-state index in [1.165, 1.54) is 16.5 Å². The Balaban J connectivity index is 1.66. The van der Waals surface area contributed by atoms with Crippen LogP contribution in [0.25, 0.3) is 0 Å². The zero-order chi connectivity index (χ0) is 13.8. The highest BCUT2D eigenvalue weighted by molar-refractivity contribution is 8.06. The van der Waals surface area contributed by atoms with Crippen LogP contribution in [0, 0.1) is 0 Å². The van der Waals surface area contributed by atoms with Crippen LogP contribution in [0.5, 0.6) is 0 Å². The number of aromatic nitrogens is 1. The molecule has 0 radical (unpaired) electrons. The van der Waals surface area contributed by atoms with Crippen LogP contribution < -0.4 is 0 Å². The fourth-order valence-corrected chi connectivity index (χ4v) is 5.90. The van der Waals surface area contributed by atoms with Crippen LogP contribution >= 0.6 is 34.9 Å². The van der Waals surface area contributed by atoms with Crippen molar-refractivity contribution in [2.45, 2.75) is 11.7 Å². The number of thiazole rings is 1. The molecule has 0 N–H and O–H groups in total. The maximum absolute atomic E-state index is 12.2. The molecule has 1 fully saturated rings. The molecule has 2 heterocycles. The van der Waals surface area contributed by atoms with Crippen LogP contribution in [0.3, 0.4) is 0 Å². The number of nitrogens with zero attached hydrogens (tertiary/aromatic N) is 1. The van der Waals surface area contributed by atoms with E-state index < -0.39 is 0 Å². The third-order valence-corrected chi connectivity index (χ3v) is 7.02. The van der Waals surface area contributed by atoms with E-state index in [9.17, 15) is 4.79 Å². The van der Waals surface area contributed by atoms with Gasteiger partial charge in [-0.3, -0.25) is 4.79 Å². The van der Waals surface area contributed by atoms with E-state index >= 15 is 0 Å². The monoisotopic (exact) mass is 321 g/mol. The molecule has 0 bridgehead atoms. The van der Waals surface area contributed by atoms with Gasteiger partial charge < -0.3 is 0 Å². The van der Waals surface area contributed by atoms with Crippen LogP contribution in [0.1, 0.15) is 26.3 Å². The van der Waals surface area contributed by atoms with Gasteiger partial charge in [-0.2, -0.15) is 11.8 Å². The summed E-state index contributed by atoms with van der Waals surface area (Å²) < 4.78 is 0. The summed E-state index contributed by atoms with van der Waals surface area (Å²) in [6.45, 7) is 0. The molecule has 2 nitrogen and oxygen atoms in total. The fraction of sp³-hybridized carbons (Fsp3) is 0.333. The maximum atomic E-state index is 12.2. The minimum absolute atomic E-state index is 0.146. The number of carbonyl (C=O) groups excluding carboxylic acids is 1. The minimum Gasteiger partial charge on any atom is -0.294 e. The predicted octanol–water partition coefficient (Wildman–Crippen LogP) is 4.09. The molecular weight excluding hydrogens is 306 g/mol. The normalized spacial score (nSPS) is 18.9. The Kier molecular flexibility index (Phi) is 4.81. The fourth-order valence-electron chi connectivity index (χ4n) is 2.07. The van der Waals surface area contributed by atoms with Crippen LogP contribution in [0.15, 0.2) is 35.7 Å². The van der Waals surface area contributed by atoms with E-state index in [2.05, 4.69) is 4.98 Å². The second kappa shape index (κ2) is 6.78. The lowest BCUT2D eigenvalue weighted by atomic mass is 10.1. The third kappa shape index (κ3) is 3.45. The first kappa shape index (κ1) is 14.2. The van der Waals surface area contributed by atoms with Gasteiger partial charge in [-0.15, -0.1) is 23.1 Å². The number of carbonyl (C=O) groups is 1. The molecule has 1 aliphatic heterocycles. The smallest absolute Gasteiger partial charge is 0.168 e. The van der Waals surface area contributed by atoms with E-state index in [1.54, 1.807) is 11.3 Å². The molecule has 20 heavy (non-hydrogen) atoms. The van der Waals surface area contributed by atoms with Crippen molar-refractivity contribution < 1.29 is 4.79 Å². The second-order valence-corrected chi connectivity index (χ2v) is 7.93. The van der Waals surface area contributed by atoms with Gasteiger partial charge in [0.25, 0.3) is 0 Å². The topological polar surface area (TPSA) is 30.0 Å². The summed E-state index contributed by atoms with van der Waals surface area (Å²) in [7, 11) is 0. The average molecular weight is 321 g/mol. The summed E-state index contributed by atoms with van der Waals surface area (Å²) in [5.74, 6) is 3.73. The summed E-state index contributed by atoms with van der Waals surface area (Å²) in [5.41, 5.74) is 1.68. The van der Waals surface area contributed by atoms with Gasteiger partial charge in [0.2, 0.25) is 0 Å². The van der Waals surface area contributed by atoms with Gasteiger partial charge in [0, 0.05) is 28.2 Å². The van der Waals surface area contributed by atoms with Gasteiger partial charge >= 0.3 is 0 Å². The molecule has 5 heteroatoms. The minimum atomic E-state index is 0.146. The Hall–Kier alpha value is -0.780. The van der Waals surface area contributed by atoms with Crippen molar-refractivity contribution >= 4 is 40.6 Å². The highest BCUT2D eigenvalue weighted by Crippen LogP contribution is 2.38. The highest BCUT2D eigenvalue weighted by Gasteiger charge is 2.20. The first-order valence-corrected chi connectivity index (χ1v) is 9.63. The summed E-state index contributed by atoms with van der Waals surface area (Å²) in [5, 5.41) is 3.73. The Morgan fingerprint density at radius 2 is 2.10 bits per heavy atom. The highest BCUT2D eigenvalue weighted by atomic mass is 32.2. The van der Waals surface area contributed by atoms with Crippen LogP contribution in [0.2, 0.25) is 0 Å². The van der Waals surface area contributed by atoms with Gasteiger partial charge in [-0.05, 0) is 0 Å². The molecule has 0 aliphatic carbocycles. The molecule has 0 amide bonds. The molecule has 1 aliphatic rings. The zero-order valence-corrected chi connectivity index (χ0v) is 13.4. The van der Waals surface area contributed by atoms with Crippen LogP contribution in [0.4, 0.5) is 0 Å². The Labute approximate surface area is 131 Å². The Morgan fingerprint density at radius 3 is 2.85 bits per heavy atom. The van der Waals surface area contributed by atoms with Gasteiger partial charge in [0.05, 0.1) is 17.4 Å². The van der Waals surface area contributed by atoms with E-state index in [0.717, 1.165) is 17.0 Å². The molecule has 0 saturated carbocycles. The number of hydrogen-bond acceptors (Lipinski definition) is 5. The lowest BCUT2D eigenvalue weighted by Gasteiger charge is -2.18. The van der Waals surface area contributed by atoms with Crippen molar-refractivity contribution in [2.75, 3.05) is 17.3 Å². The van der Waals surface area contributed by atoms with Crippen LogP contribution in [-0.4, -0.2) is 28.0 Å². The summed E-state index contributed by atoms with van der Waals surface area (Å²) in [6, 6.07) is 9.45. The molecular formula is C15H15NOS3. The van der Waals surface area contributed by atoms with Crippen molar-refractivity contribution in [3.63, 3.8) is 0 Å². The van der Waals surface area contributed by atoms with Gasteiger partial charge in [0.15, 0.2) is 5.78 Å². The summed E-state index contributed by atoms with van der Waals surface area (Å²) >= 11 is 5.68. The maximum Gasteiger partial charge on any atom is 0.168 e. The van der Waals surface area contributed by atoms with Crippen LogP contribution in [-0.2, 0) is 6.42 Å². The Morgan fingerprint density at radius 1 is 1.25 bits per heavy atom. The first-order valence-electron chi connectivity index (χ1n) is 6.55. The largest absolute Gasteiger partial charge is 0.294 e. The first-order chi connectivity index (χ1) is 9.83. The molecule has 0 spiro atoms. The van der Waals surface area contributed by atoms with Crippen molar-refractivity contribution in [2.24, 2.45) is 0 Å². The van der Waals surface area contributed by atoms with Crippen molar-refractivity contribution in [3.05, 3.63) is 52.0 Å². The van der Waals surface area contributed by atoms with E-state index in [1.807, 2.05) is 59.2 Å². The molecule has 2 aromatic rings. The van der Waals surface area contributed by atoms with E-state index in [-0.39, 0.29) is 5.78 Å². The molecule has 1 atom stereocenters. The summed E-state index contributed by atoms with van der Waals surface area (Å²) in [4.78, 5) is 16.8. The molecule has 1 aromatic carbocycles. The van der Waals surface area contributed by atoms with Crippen molar-refractivity contribution in [1.82, 2.24) is 4.98 Å². The summed E-state index contributed by atoms with van der Waals surface area (Å²) in [6.07, 6.45) is 0.408. The lowest BCUT2D eigenvalue weighted by molar-refractivity contribution is 0.0992. The SMILES string of the molecule is O=C(Cc1csc(C2CSCCS2)n1)c1ccccc1. The van der Waals surface area contributed by atoms with Gasteiger partial charge in [-0.25, -0.2) is 4.98 Å². The Bertz CT molecular complexity index is 576. The zero-order valence-electron chi connectivity index (χ0n) is 11.0. The number of hydrogen-bond donors (Lipinski definition) is 0. The van der Waals surface area contributed by atoms with Gasteiger partial charge in [-0.1, -0.05) is 30.3 Å². The number of benzene rings is 1. The number of rotatable bonds is 4. The molecule has 3 rings (SSSR count). The average Bonchev–Trinajstić information content (AvgIpc) is 2.97. The third-order valence-electron chi connectivity index (χ3n) is 3.10. The van der Waals surface area contributed by atoms with E-state index in [4.69, 9.17) is 0 Å². The quantitative estimate of drug-likeness (QED) is 0.793. The molecule has 1 aromatic heterocycles.